The second kappa shape index (κ2) is 6.71. The first-order chi connectivity index (χ1) is 7.27. The standard InChI is InChI=1S/C11H17NO2S/c1-14-10-4-2-3-9(7-10)11(12)8-15-6-5-13/h2-4,7,11,13H,5-6,8,12H2,1H3. The molecule has 0 heterocycles. The summed E-state index contributed by atoms with van der Waals surface area (Å²) in [6, 6.07) is 7.77. The summed E-state index contributed by atoms with van der Waals surface area (Å²) in [5.74, 6) is 2.38. The molecular formula is C11H17NO2S. The number of aliphatic hydroxyl groups is 1. The summed E-state index contributed by atoms with van der Waals surface area (Å²) in [6.07, 6.45) is 0. The van der Waals surface area contributed by atoms with Crippen molar-refractivity contribution < 1.29 is 9.84 Å². The zero-order valence-electron chi connectivity index (χ0n) is 8.85. The lowest BCUT2D eigenvalue weighted by molar-refractivity contribution is 0.322. The minimum absolute atomic E-state index is 0.00310. The van der Waals surface area contributed by atoms with Gasteiger partial charge in [0.1, 0.15) is 5.75 Å². The Bertz CT molecular complexity index is 294. The van der Waals surface area contributed by atoms with Crippen LogP contribution in [0.5, 0.6) is 5.75 Å². The summed E-state index contributed by atoms with van der Waals surface area (Å²) in [5.41, 5.74) is 7.07. The molecule has 0 saturated carbocycles. The van der Waals surface area contributed by atoms with Crippen molar-refractivity contribution in [3.05, 3.63) is 29.8 Å². The van der Waals surface area contributed by atoms with Crippen LogP contribution in [-0.4, -0.2) is 30.3 Å². The number of thioether (sulfide) groups is 1. The highest BCUT2D eigenvalue weighted by Gasteiger charge is 2.06. The van der Waals surface area contributed by atoms with Crippen molar-refractivity contribution >= 4 is 11.8 Å². The summed E-state index contributed by atoms with van der Waals surface area (Å²) >= 11 is 1.65. The molecule has 1 atom stereocenters. The van der Waals surface area contributed by atoms with Crippen LogP contribution >= 0.6 is 11.8 Å². The molecule has 1 rings (SSSR count). The van der Waals surface area contributed by atoms with E-state index in [1.807, 2.05) is 24.3 Å². The zero-order chi connectivity index (χ0) is 11.1. The molecule has 0 bridgehead atoms. The molecule has 0 aliphatic heterocycles. The number of rotatable bonds is 6. The zero-order valence-corrected chi connectivity index (χ0v) is 9.67. The molecule has 0 aliphatic rings. The van der Waals surface area contributed by atoms with E-state index in [0.717, 1.165) is 22.8 Å². The van der Waals surface area contributed by atoms with Gasteiger partial charge in [-0.25, -0.2) is 0 Å². The SMILES string of the molecule is COc1cccc(C(N)CSCCO)c1. The average molecular weight is 227 g/mol. The van der Waals surface area contributed by atoms with E-state index < -0.39 is 0 Å². The van der Waals surface area contributed by atoms with E-state index in [-0.39, 0.29) is 12.6 Å². The predicted octanol–water partition coefficient (Wildman–Crippen LogP) is 1.42. The van der Waals surface area contributed by atoms with Crippen LogP contribution in [0.25, 0.3) is 0 Å². The minimum atomic E-state index is -0.00310. The van der Waals surface area contributed by atoms with Crippen molar-refractivity contribution in [2.75, 3.05) is 25.2 Å². The number of hydrogen-bond donors (Lipinski definition) is 2. The van der Waals surface area contributed by atoms with Gasteiger partial charge in [0.2, 0.25) is 0 Å². The van der Waals surface area contributed by atoms with Gasteiger partial charge in [-0.1, -0.05) is 12.1 Å². The number of nitrogens with two attached hydrogens (primary N) is 1. The van der Waals surface area contributed by atoms with E-state index >= 15 is 0 Å². The van der Waals surface area contributed by atoms with Gasteiger partial charge in [-0.2, -0.15) is 11.8 Å². The average Bonchev–Trinajstić information content (AvgIpc) is 2.29. The molecule has 1 aromatic carbocycles. The maximum Gasteiger partial charge on any atom is 0.119 e. The molecule has 3 N–H and O–H groups in total. The van der Waals surface area contributed by atoms with Crippen molar-refractivity contribution in [1.29, 1.82) is 0 Å². The fraction of sp³-hybridized carbons (Fsp3) is 0.455. The summed E-state index contributed by atoms with van der Waals surface area (Å²) in [4.78, 5) is 0. The monoisotopic (exact) mass is 227 g/mol. The molecule has 0 amide bonds. The van der Waals surface area contributed by atoms with E-state index in [9.17, 15) is 0 Å². The van der Waals surface area contributed by atoms with Crippen LogP contribution in [0.3, 0.4) is 0 Å². The van der Waals surface area contributed by atoms with Crippen molar-refractivity contribution in [3.8, 4) is 5.75 Å². The van der Waals surface area contributed by atoms with Gasteiger partial charge < -0.3 is 15.6 Å². The Morgan fingerprint density at radius 3 is 3.00 bits per heavy atom. The molecule has 3 nitrogen and oxygen atoms in total. The summed E-state index contributed by atoms with van der Waals surface area (Å²) in [6.45, 7) is 0.204. The summed E-state index contributed by atoms with van der Waals surface area (Å²) in [5, 5.41) is 8.65. The maximum absolute atomic E-state index is 8.65. The Balaban J connectivity index is 2.52. The highest BCUT2D eigenvalue weighted by Crippen LogP contribution is 2.20. The van der Waals surface area contributed by atoms with Crippen LogP contribution in [0.15, 0.2) is 24.3 Å². The minimum Gasteiger partial charge on any atom is -0.497 e. The number of aliphatic hydroxyl groups excluding tert-OH is 1. The quantitative estimate of drug-likeness (QED) is 0.722. The van der Waals surface area contributed by atoms with Crippen LogP contribution in [0.1, 0.15) is 11.6 Å². The first-order valence-electron chi connectivity index (χ1n) is 4.86. The van der Waals surface area contributed by atoms with Crippen molar-refractivity contribution in [1.82, 2.24) is 0 Å². The van der Waals surface area contributed by atoms with E-state index in [4.69, 9.17) is 15.6 Å². The van der Waals surface area contributed by atoms with Crippen LogP contribution in [-0.2, 0) is 0 Å². The van der Waals surface area contributed by atoms with Crippen LogP contribution in [0.2, 0.25) is 0 Å². The highest BCUT2D eigenvalue weighted by atomic mass is 32.2. The number of benzene rings is 1. The molecule has 4 heteroatoms. The number of hydrogen-bond acceptors (Lipinski definition) is 4. The van der Waals surface area contributed by atoms with E-state index in [0.29, 0.717) is 0 Å². The Hall–Kier alpha value is -0.710. The lowest BCUT2D eigenvalue weighted by atomic mass is 10.1. The third kappa shape index (κ3) is 4.11. The third-order valence-corrected chi connectivity index (χ3v) is 3.12. The Morgan fingerprint density at radius 1 is 1.53 bits per heavy atom. The molecule has 1 aromatic rings. The fourth-order valence-electron chi connectivity index (χ4n) is 1.24. The van der Waals surface area contributed by atoms with Gasteiger partial charge >= 0.3 is 0 Å². The maximum atomic E-state index is 8.65. The topological polar surface area (TPSA) is 55.5 Å². The molecule has 84 valence electrons. The molecule has 15 heavy (non-hydrogen) atoms. The summed E-state index contributed by atoms with van der Waals surface area (Å²) < 4.78 is 5.13. The predicted molar refractivity (Wildman–Crippen MR) is 64.3 cm³/mol. The smallest absolute Gasteiger partial charge is 0.119 e. The second-order valence-corrected chi connectivity index (χ2v) is 4.33. The Kier molecular flexibility index (Phi) is 5.53. The van der Waals surface area contributed by atoms with Gasteiger partial charge in [0, 0.05) is 17.5 Å². The molecule has 0 radical (unpaired) electrons. The lowest BCUT2D eigenvalue weighted by Crippen LogP contribution is -2.13. The molecule has 0 aliphatic carbocycles. The first kappa shape index (κ1) is 12.4. The van der Waals surface area contributed by atoms with E-state index in [2.05, 4.69) is 0 Å². The molecular weight excluding hydrogens is 210 g/mol. The second-order valence-electron chi connectivity index (χ2n) is 3.18. The van der Waals surface area contributed by atoms with Crippen molar-refractivity contribution in [3.63, 3.8) is 0 Å². The van der Waals surface area contributed by atoms with Crippen LogP contribution < -0.4 is 10.5 Å². The largest absolute Gasteiger partial charge is 0.497 e. The summed E-state index contributed by atoms with van der Waals surface area (Å²) in [7, 11) is 1.64. The van der Waals surface area contributed by atoms with Crippen LogP contribution in [0.4, 0.5) is 0 Å². The van der Waals surface area contributed by atoms with Crippen molar-refractivity contribution in [2.45, 2.75) is 6.04 Å². The molecule has 0 aromatic heterocycles. The van der Waals surface area contributed by atoms with Gasteiger partial charge in [0.25, 0.3) is 0 Å². The Labute approximate surface area is 94.6 Å². The van der Waals surface area contributed by atoms with Crippen LogP contribution in [0, 0.1) is 0 Å². The van der Waals surface area contributed by atoms with Gasteiger partial charge in [-0.05, 0) is 17.7 Å². The number of methoxy groups -OCH3 is 1. The van der Waals surface area contributed by atoms with Gasteiger partial charge in [0.15, 0.2) is 0 Å². The molecule has 0 saturated heterocycles. The van der Waals surface area contributed by atoms with Gasteiger partial charge in [-0.15, -0.1) is 0 Å². The molecule has 0 spiro atoms. The van der Waals surface area contributed by atoms with Gasteiger partial charge in [0.05, 0.1) is 13.7 Å². The first-order valence-corrected chi connectivity index (χ1v) is 6.01. The lowest BCUT2D eigenvalue weighted by Gasteiger charge is -2.12. The van der Waals surface area contributed by atoms with E-state index in [1.165, 1.54) is 0 Å². The highest BCUT2D eigenvalue weighted by molar-refractivity contribution is 7.99. The normalized spacial score (nSPS) is 12.5. The third-order valence-electron chi connectivity index (χ3n) is 2.05. The Morgan fingerprint density at radius 2 is 2.33 bits per heavy atom. The fourth-order valence-corrected chi connectivity index (χ4v) is 1.99. The van der Waals surface area contributed by atoms with E-state index in [1.54, 1.807) is 18.9 Å². The molecule has 1 unspecified atom stereocenters. The van der Waals surface area contributed by atoms with Gasteiger partial charge in [-0.3, -0.25) is 0 Å². The number of ether oxygens (including phenoxy) is 1. The molecule has 0 fully saturated rings. The van der Waals surface area contributed by atoms with Crippen molar-refractivity contribution in [2.24, 2.45) is 5.73 Å².